The molecule has 9 heteroatoms. The molecule has 3 N–H and O–H groups in total. The molecular weight excluding hydrogens is 316 g/mol. The Morgan fingerprint density at radius 2 is 2.19 bits per heavy atom. The molecule has 7 nitrogen and oxygen atoms in total. The van der Waals surface area contributed by atoms with Crippen molar-refractivity contribution in [3.05, 3.63) is 0 Å². The van der Waals surface area contributed by atoms with Crippen molar-refractivity contribution in [1.82, 2.24) is 9.62 Å². The Balaban J connectivity index is 0.00000400. The van der Waals surface area contributed by atoms with Crippen LogP contribution in [0.15, 0.2) is 0 Å². The zero-order valence-electron chi connectivity index (χ0n) is 12.1. The maximum Gasteiger partial charge on any atom is 0.240 e. The average Bonchev–Trinajstić information content (AvgIpc) is 2.84. The number of nitrogens with two attached hydrogens (primary N) is 1. The fourth-order valence-electron chi connectivity index (χ4n) is 2.25. The second-order valence-corrected chi connectivity index (χ2v) is 6.92. The lowest BCUT2D eigenvalue weighted by Crippen LogP contribution is -2.45. The fourth-order valence-corrected chi connectivity index (χ4v) is 2.76. The molecule has 0 aromatic heterocycles. The highest BCUT2D eigenvalue weighted by molar-refractivity contribution is 7.88. The van der Waals surface area contributed by atoms with Crippen molar-refractivity contribution >= 4 is 28.3 Å². The number of hydrogen-bond acceptors (Lipinski definition) is 5. The Kier molecular flexibility index (Phi) is 8.82. The van der Waals surface area contributed by atoms with E-state index in [0.717, 1.165) is 12.7 Å². The SMILES string of the molecule is CS(=O)(=O)NCCCC[C@H](N)C(=O)N1CCC[C@H]1C#N.Cl. The molecule has 0 spiro atoms. The number of carbonyl (C=O) groups excluding carboxylic acids is 1. The number of nitriles is 1. The molecule has 0 aromatic carbocycles. The summed E-state index contributed by atoms with van der Waals surface area (Å²) in [7, 11) is -3.16. The minimum Gasteiger partial charge on any atom is -0.325 e. The van der Waals surface area contributed by atoms with Crippen molar-refractivity contribution in [1.29, 1.82) is 5.26 Å². The molecule has 1 rings (SSSR count). The van der Waals surface area contributed by atoms with E-state index >= 15 is 0 Å². The second-order valence-electron chi connectivity index (χ2n) is 5.09. The Morgan fingerprint density at radius 1 is 1.52 bits per heavy atom. The number of hydrogen-bond donors (Lipinski definition) is 2. The lowest BCUT2D eigenvalue weighted by molar-refractivity contribution is -0.132. The molecule has 1 heterocycles. The molecule has 1 saturated heterocycles. The predicted octanol–water partition coefficient (Wildman–Crippen LogP) is -0.0304. The van der Waals surface area contributed by atoms with Crippen molar-refractivity contribution in [2.45, 2.75) is 44.2 Å². The number of unbranched alkanes of at least 4 members (excludes halogenated alkanes) is 1. The fraction of sp³-hybridized carbons (Fsp3) is 0.833. The van der Waals surface area contributed by atoms with Gasteiger partial charge in [0, 0.05) is 13.1 Å². The summed E-state index contributed by atoms with van der Waals surface area (Å²) in [4.78, 5) is 13.6. The molecule has 0 bridgehead atoms. The van der Waals surface area contributed by atoms with E-state index in [2.05, 4.69) is 10.8 Å². The normalized spacial score (nSPS) is 19.7. The summed E-state index contributed by atoms with van der Waals surface area (Å²) < 4.78 is 24.1. The third kappa shape index (κ3) is 7.09. The van der Waals surface area contributed by atoms with E-state index in [1.54, 1.807) is 4.90 Å². The van der Waals surface area contributed by atoms with Crippen LogP contribution in [0.1, 0.15) is 32.1 Å². The molecule has 2 atom stereocenters. The third-order valence-electron chi connectivity index (χ3n) is 3.31. The number of nitrogens with zero attached hydrogens (tertiary/aromatic N) is 2. The quantitative estimate of drug-likeness (QED) is 0.632. The van der Waals surface area contributed by atoms with Gasteiger partial charge in [-0.2, -0.15) is 5.26 Å². The highest BCUT2D eigenvalue weighted by Gasteiger charge is 2.31. The summed E-state index contributed by atoms with van der Waals surface area (Å²) in [6.07, 6.45) is 4.47. The van der Waals surface area contributed by atoms with Gasteiger partial charge in [0.05, 0.1) is 18.4 Å². The van der Waals surface area contributed by atoms with Gasteiger partial charge in [-0.3, -0.25) is 4.79 Å². The zero-order chi connectivity index (χ0) is 15.2. The first-order chi connectivity index (χ1) is 9.35. The van der Waals surface area contributed by atoms with Crippen molar-refractivity contribution in [3.63, 3.8) is 0 Å². The van der Waals surface area contributed by atoms with Gasteiger partial charge < -0.3 is 10.6 Å². The smallest absolute Gasteiger partial charge is 0.240 e. The van der Waals surface area contributed by atoms with Crippen LogP contribution < -0.4 is 10.5 Å². The standard InChI is InChI=1S/C12H22N4O3S.ClH/c1-20(18,19)15-7-3-2-6-11(14)12(17)16-8-4-5-10(16)9-13;/h10-11,15H,2-8,14H2,1H3;1H/t10-,11-;/m0./s1. The minimum atomic E-state index is -3.16. The minimum absolute atomic E-state index is 0. The van der Waals surface area contributed by atoms with Crippen LogP contribution >= 0.6 is 12.4 Å². The second kappa shape index (κ2) is 9.20. The van der Waals surface area contributed by atoms with E-state index in [1.165, 1.54) is 0 Å². The number of amides is 1. The highest BCUT2D eigenvalue weighted by Crippen LogP contribution is 2.18. The van der Waals surface area contributed by atoms with Gasteiger partial charge in [-0.15, -0.1) is 12.4 Å². The van der Waals surface area contributed by atoms with Gasteiger partial charge in [-0.1, -0.05) is 6.42 Å². The summed E-state index contributed by atoms with van der Waals surface area (Å²) in [6, 6.07) is 1.16. The Morgan fingerprint density at radius 3 is 2.76 bits per heavy atom. The van der Waals surface area contributed by atoms with Crippen LogP contribution in [0.4, 0.5) is 0 Å². The molecule has 0 radical (unpaired) electrons. The summed E-state index contributed by atoms with van der Waals surface area (Å²) >= 11 is 0. The molecule has 1 fully saturated rings. The van der Waals surface area contributed by atoms with Crippen LogP contribution in [-0.4, -0.2) is 50.7 Å². The topological polar surface area (TPSA) is 116 Å². The summed E-state index contributed by atoms with van der Waals surface area (Å²) in [5.74, 6) is -0.176. The van der Waals surface area contributed by atoms with Crippen molar-refractivity contribution < 1.29 is 13.2 Å². The summed E-state index contributed by atoms with van der Waals surface area (Å²) in [5.41, 5.74) is 5.84. The van der Waals surface area contributed by atoms with Crippen molar-refractivity contribution in [3.8, 4) is 6.07 Å². The molecule has 1 amide bonds. The van der Waals surface area contributed by atoms with Gasteiger partial charge in [-0.05, 0) is 25.7 Å². The summed E-state index contributed by atoms with van der Waals surface area (Å²) in [6.45, 7) is 0.949. The monoisotopic (exact) mass is 338 g/mol. The highest BCUT2D eigenvalue weighted by atomic mass is 35.5. The van der Waals surface area contributed by atoms with Crippen molar-refractivity contribution in [2.75, 3.05) is 19.3 Å². The predicted molar refractivity (Wildman–Crippen MR) is 82.3 cm³/mol. The van der Waals surface area contributed by atoms with Crippen LogP contribution in [0.3, 0.4) is 0 Å². The molecule has 0 saturated carbocycles. The molecule has 0 aliphatic carbocycles. The molecule has 122 valence electrons. The van der Waals surface area contributed by atoms with Crippen molar-refractivity contribution in [2.24, 2.45) is 5.73 Å². The molecule has 21 heavy (non-hydrogen) atoms. The van der Waals surface area contributed by atoms with Crippen LogP contribution in [-0.2, 0) is 14.8 Å². The first-order valence-electron chi connectivity index (χ1n) is 6.75. The average molecular weight is 339 g/mol. The number of likely N-dealkylation sites (tertiary alicyclic amines) is 1. The van der Waals surface area contributed by atoms with Gasteiger partial charge in [0.2, 0.25) is 15.9 Å². The first kappa shape index (κ1) is 20.1. The van der Waals surface area contributed by atoms with E-state index in [9.17, 15) is 13.2 Å². The lowest BCUT2D eigenvalue weighted by atomic mass is 10.1. The zero-order valence-corrected chi connectivity index (χ0v) is 13.8. The van der Waals surface area contributed by atoms with Gasteiger partial charge >= 0.3 is 0 Å². The Bertz CT molecular complexity index is 477. The van der Waals surface area contributed by atoms with Gasteiger partial charge in [0.1, 0.15) is 6.04 Å². The number of rotatable bonds is 7. The van der Waals surface area contributed by atoms with Crippen LogP contribution in [0.2, 0.25) is 0 Å². The molecule has 0 aromatic rings. The number of sulfonamides is 1. The lowest BCUT2D eigenvalue weighted by Gasteiger charge is -2.23. The molecular formula is C12H23ClN4O3S. The van der Waals surface area contributed by atoms with E-state index in [0.29, 0.717) is 38.8 Å². The van der Waals surface area contributed by atoms with E-state index in [-0.39, 0.29) is 24.4 Å². The Hall–Kier alpha value is -0.880. The first-order valence-corrected chi connectivity index (χ1v) is 8.64. The maximum atomic E-state index is 12.1. The molecule has 1 aliphatic rings. The van der Waals surface area contributed by atoms with Crippen LogP contribution in [0.5, 0.6) is 0 Å². The largest absolute Gasteiger partial charge is 0.325 e. The van der Waals surface area contributed by atoms with Gasteiger partial charge in [0.25, 0.3) is 0 Å². The number of carbonyl (C=O) groups is 1. The summed E-state index contributed by atoms with van der Waals surface area (Å²) in [5, 5.41) is 8.94. The van der Waals surface area contributed by atoms with Crippen LogP contribution in [0, 0.1) is 11.3 Å². The van der Waals surface area contributed by atoms with E-state index in [1.807, 2.05) is 0 Å². The molecule has 1 aliphatic heterocycles. The number of nitrogens with one attached hydrogen (secondary N) is 1. The van der Waals surface area contributed by atoms with Gasteiger partial charge in [-0.25, -0.2) is 13.1 Å². The third-order valence-corrected chi connectivity index (χ3v) is 4.04. The van der Waals surface area contributed by atoms with E-state index in [4.69, 9.17) is 11.0 Å². The van der Waals surface area contributed by atoms with Crippen LogP contribution in [0.25, 0.3) is 0 Å². The van der Waals surface area contributed by atoms with Gasteiger partial charge in [0.15, 0.2) is 0 Å². The van der Waals surface area contributed by atoms with E-state index < -0.39 is 16.1 Å². The number of halogens is 1. The maximum absolute atomic E-state index is 12.1. The molecule has 0 unspecified atom stereocenters. The Labute approximate surface area is 132 Å².